The molecule has 2 aliphatic rings. The van der Waals surface area contributed by atoms with Gasteiger partial charge in [0.25, 0.3) is 0 Å². The van der Waals surface area contributed by atoms with Crippen molar-refractivity contribution in [2.24, 2.45) is 0 Å². The first-order chi connectivity index (χ1) is 30.8. The molecule has 1 spiro atoms. The fraction of sp³-hybridized carbons (Fsp3) is 0. The van der Waals surface area contributed by atoms with Crippen LogP contribution in [0.1, 0.15) is 0 Å². The Hall–Kier alpha value is -7.92. The summed E-state index contributed by atoms with van der Waals surface area (Å²) >= 11 is 0. The van der Waals surface area contributed by atoms with Gasteiger partial charge >= 0.3 is 0 Å². The van der Waals surface area contributed by atoms with Crippen molar-refractivity contribution in [2.75, 3.05) is 0 Å². The summed E-state index contributed by atoms with van der Waals surface area (Å²) < 4.78 is 2.37. The molecule has 288 valence electrons. The van der Waals surface area contributed by atoms with Crippen LogP contribution in [0.4, 0.5) is 0 Å². The third kappa shape index (κ3) is 4.93. The molecule has 4 heterocycles. The van der Waals surface area contributed by atoms with E-state index in [-0.39, 0.29) is 0 Å². The summed E-state index contributed by atoms with van der Waals surface area (Å²) in [6.07, 6.45) is 0. The van der Waals surface area contributed by atoms with E-state index in [2.05, 4.69) is 223 Å². The lowest BCUT2D eigenvalue weighted by Crippen LogP contribution is -2.75. The lowest BCUT2D eigenvalue weighted by atomic mass is 9.92. The van der Waals surface area contributed by atoms with Crippen molar-refractivity contribution in [3.8, 4) is 73.0 Å². The van der Waals surface area contributed by atoms with Crippen LogP contribution in [0.2, 0.25) is 0 Å². The Morgan fingerprint density at radius 3 is 1.31 bits per heavy atom. The van der Waals surface area contributed by atoms with Crippen LogP contribution < -0.4 is 20.7 Å². The van der Waals surface area contributed by atoms with E-state index in [1.54, 1.807) is 0 Å². The molecule has 11 aromatic rings. The Balaban J connectivity index is 1.16. The van der Waals surface area contributed by atoms with Crippen LogP contribution in [0.5, 0.6) is 0 Å². The zero-order chi connectivity index (χ0) is 40.8. The zero-order valence-corrected chi connectivity index (χ0v) is 34.7. The van der Waals surface area contributed by atoms with Crippen LogP contribution in [0.15, 0.2) is 224 Å². The number of aromatic nitrogens is 3. The second-order valence-electron chi connectivity index (χ2n) is 16.4. The number of hydrogen-bond donors (Lipinski definition) is 0. The molecular weight excluding hydrogens is 767 g/mol. The van der Waals surface area contributed by atoms with E-state index >= 15 is 0 Å². The van der Waals surface area contributed by atoms with Gasteiger partial charge in [-0.05, 0) is 83.5 Å². The molecule has 0 fully saturated rings. The minimum Gasteiger partial charge on any atom is -0.294 e. The van der Waals surface area contributed by atoms with Crippen LogP contribution >= 0.6 is 0 Å². The molecule has 13 rings (SSSR count). The summed E-state index contributed by atoms with van der Waals surface area (Å²) in [6, 6.07) is 82.9. The number of benzene rings is 9. The van der Waals surface area contributed by atoms with Gasteiger partial charge in [0.1, 0.15) is 5.82 Å². The highest BCUT2D eigenvalue weighted by Crippen LogP contribution is 2.44. The number of nitrogens with zero attached hydrogens (tertiary/aromatic N) is 3. The lowest BCUT2D eigenvalue weighted by molar-refractivity contribution is 1.05. The Bertz CT molecular complexity index is 3460. The molecule has 4 heteroatoms. The Kier molecular flexibility index (Phi) is 7.62. The first kappa shape index (κ1) is 34.9. The van der Waals surface area contributed by atoms with Crippen LogP contribution in [-0.4, -0.2) is 22.6 Å². The number of hydrogen-bond acceptors (Lipinski definition) is 2. The van der Waals surface area contributed by atoms with E-state index in [4.69, 9.17) is 9.97 Å². The van der Waals surface area contributed by atoms with Gasteiger partial charge in [-0.2, -0.15) is 0 Å². The Labute approximate surface area is 360 Å². The second kappa shape index (κ2) is 13.5. The highest BCUT2D eigenvalue weighted by atomic mass is 28.3. The van der Waals surface area contributed by atoms with E-state index in [0.29, 0.717) is 5.82 Å². The minimum absolute atomic E-state index is 0.696. The molecule has 0 saturated carbocycles. The van der Waals surface area contributed by atoms with Gasteiger partial charge in [0, 0.05) is 28.0 Å². The number of fused-ring (bicyclic) bond motifs is 17. The van der Waals surface area contributed by atoms with E-state index in [0.717, 1.165) is 33.7 Å². The lowest BCUT2D eigenvalue weighted by Gasteiger charge is -2.37. The third-order valence-electron chi connectivity index (χ3n) is 13.3. The molecule has 2 aliphatic heterocycles. The van der Waals surface area contributed by atoms with Gasteiger partial charge in [0.2, 0.25) is 0 Å². The van der Waals surface area contributed by atoms with Gasteiger partial charge in [-0.1, -0.05) is 200 Å². The first-order valence-corrected chi connectivity index (χ1v) is 23.3. The third-order valence-corrected chi connectivity index (χ3v) is 18.2. The second-order valence-corrected chi connectivity index (χ2v) is 20.1. The summed E-state index contributed by atoms with van der Waals surface area (Å²) in [5.41, 5.74) is 15.4. The molecule has 62 heavy (non-hydrogen) atoms. The molecule has 0 unspecified atom stereocenters. The topological polar surface area (TPSA) is 30.7 Å². The SMILES string of the molecule is c1ccc(-c2cc(-n3c4ccccc4c4cc5c(cc43)-c3ccccc3[Si]3(c4ccccc4-c4ccccc4-c4ccccc43)c3ccccc3-5)nc(-c3ccccc3)n2)cc1. The van der Waals surface area contributed by atoms with E-state index in [1.165, 1.54) is 76.0 Å². The maximum atomic E-state index is 5.39. The summed E-state index contributed by atoms with van der Waals surface area (Å²) in [5.74, 6) is 1.53. The van der Waals surface area contributed by atoms with Crippen molar-refractivity contribution in [1.82, 2.24) is 14.5 Å². The fourth-order valence-electron chi connectivity index (χ4n) is 10.7. The van der Waals surface area contributed by atoms with Gasteiger partial charge in [-0.3, -0.25) is 4.57 Å². The monoisotopic (exact) mass is 803 g/mol. The summed E-state index contributed by atoms with van der Waals surface area (Å²) in [5, 5.41) is 8.05. The molecule has 0 saturated heterocycles. The number of para-hydroxylation sites is 1. The van der Waals surface area contributed by atoms with E-state index in [1.807, 2.05) is 6.07 Å². The normalized spacial score (nSPS) is 13.0. The van der Waals surface area contributed by atoms with E-state index in [9.17, 15) is 0 Å². The van der Waals surface area contributed by atoms with Crippen LogP contribution in [0.25, 0.3) is 94.8 Å². The van der Waals surface area contributed by atoms with Crippen molar-refractivity contribution in [3.05, 3.63) is 224 Å². The highest BCUT2D eigenvalue weighted by molar-refractivity contribution is 7.22. The molecule has 3 nitrogen and oxygen atoms in total. The quantitative estimate of drug-likeness (QED) is 0.167. The average molecular weight is 804 g/mol. The van der Waals surface area contributed by atoms with Crippen LogP contribution in [-0.2, 0) is 0 Å². The summed E-state index contributed by atoms with van der Waals surface area (Å²) in [6.45, 7) is 0. The average Bonchev–Trinajstić information content (AvgIpc) is 3.57. The smallest absolute Gasteiger partial charge is 0.182 e. The van der Waals surface area contributed by atoms with Crippen molar-refractivity contribution in [1.29, 1.82) is 0 Å². The highest BCUT2D eigenvalue weighted by Gasteiger charge is 2.50. The largest absolute Gasteiger partial charge is 0.294 e. The molecule has 0 amide bonds. The van der Waals surface area contributed by atoms with Crippen LogP contribution in [0, 0.1) is 0 Å². The Morgan fingerprint density at radius 2 is 0.742 bits per heavy atom. The molecule has 0 bridgehead atoms. The summed E-state index contributed by atoms with van der Waals surface area (Å²) in [4.78, 5) is 10.6. The molecular formula is C58H37N3Si. The minimum atomic E-state index is -3.05. The van der Waals surface area contributed by atoms with Crippen molar-refractivity contribution >= 4 is 50.6 Å². The van der Waals surface area contributed by atoms with Gasteiger partial charge in [0.15, 0.2) is 13.9 Å². The predicted octanol–water partition coefficient (Wildman–Crippen LogP) is 11.6. The molecule has 0 radical (unpaired) electrons. The maximum Gasteiger partial charge on any atom is 0.182 e. The molecule has 2 aromatic heterocycles. The first-order valence-electron chi connectivity index (χ1n) is 21.3. The molecule has 0 N–H and O–H groups in total. The molecule has 0 atom stereocenters. The van der Waals surface area contributed by atoms with Gasteiger partial charge in [-0.25, -0.2) is 9.97 Å². The van der Waals surface area contributed by atoms with Crippen LogP contribution in [0.3, 0.4) is 0 Å². The molecule has 0 aliphatic carbocycles. The number of rotatable bonds is 3. The van der Waals surface area contributed by atoms with Crippen molar-refractivity contribution < 1.29 is 0 Å². The van der Waals surface area contributed by atoms with Crippen molar-refractivity contribution in [3.63, 3.8) is 0 Å². The summed E-state index contributed by atoms with van der Waals surface area (Å²) in [7, 11) is -3.05. The van der Waals surface area contributed by atoms with Gasteiger partial charge in [-0.15, -0.1) is 0 Å². The predicted molar refractivity (Wildman–Crippen MR) is 260 cm³/mol. The molecule has 9 aromatic carbocycles. The van der Waals surface area contributed by atoms with Gasteiger partial charge < -0.3 is 0 Å². The van der Waals surface area contributed by atoms with E-state index < -0.39 is 8.07 Å². The fourth-order valence-corrected chi connectivity index (χ4v) is 16.3. The zero-order valence-electron chi connectivity index (χ0n) is 33.7. The Morgan fingerprint density at radius 1 is 0.306 bits per heavy atom. The standard InChI is InChI=1S/C58H37N3Si/c1-3-19-38(20-4-1)50-37-57(60-58(59-50)39-21-5-2-6-22-39)61-51-30-14-9-25-42(51)49-35-47-45-28-12-17-33-55(45)62(56-34-18-13-29-46(56)48(47)36-52(49)61)53-31-15-10-26-43(53)40-23-7-8-24-41(40)44-27-11-16-32-54(44)62/h1-37H. The maximum absolute atomic E-state index is 5.39. The van der Waals surface area contributed by atoms with Crippen molar-refractivity contribution in [2.45, 2.75) is 0 Å². The van der Waals surface area contributed by atoms with Gasteiger partial charge in [0.05, 0.1) is 16.7 Å².